The Hall–Kier alpha value is -2.04. The second-order valence-corrected chi connectivity index (χ2v) is 8.75. The summed E-state index contributed by atoms with van der Waals surface area (Å²) >= 11 is 5.14. The Bertz CT molecular complexity index is 952. The normalized spacial score (nSPS) is 18.3. The number of hydrogen-bond donors (Lipinski definition) is 2. The van der Waals surface area contributed by atoms with Gasteiger partial charge in [0.25, 0.3) is 0 Å². The molecule has 1 aromatic carbocycles. The van der Waals surface area contributed by atoms with Crippen LogP contribution in [0, 0.1) is 10.7 Å². The Morgan fingerprint density at radius 2 is 2.11 bits per heavy atom. The summed E-state index contributed by atoms with van der Waals surface area (Å²) in [7, 11) is -3.58. The predicted octanol–water partition coefficient (Wildman–Crippen LogP) is 1.68. The molecular weight excluding hydrogens is 386 g/mol. The quantitative estimate of drug-likeness (QED) is 0.707. The van der Waals surface area contributed by atoms with Crippen LogP contribution in [0.5, 0.6) is 0 Å². The van der Waals surface area contributed by atoms with E-state index in [1.165, 1.54) is 4.31 Å². The summed E-state index contributed by atoms with van der Waals surface area (Å²) in [6.07, 6.45) is 1.31. The lowest BCUT2D eigenvalue weighted by atomic mass is 9.99. The summed E-state index contributed by atoms with van der Waals surface area (Å²) in [5.41, 5.74) is 0. The number of nitrogens with one attached hydrogen (secondary N) is 2. The van der Waals surface area contributed by atoms with Crippen molar-refractivity contribution in [3.05, 3.63) is 40.9 Å². The molecule has 0 bridgehead atoms. The summed E-state index contributed by atoms with van der Waals surface area (Å²) in [5, 5.41) is 9.69. The van der Waals surface area contributed by atoms with E-state index in [0.29, 0.717) is 36.5 Å². The van der Waals surface area contributed by atoms with Crippen molar-refractivity contribution < 1.29 is 13.2 Å². The lowest BCUT2D eigenvalue weighted by molar-refractivity contribution is -0.126. The van der Waals surface area contributed by atoms with Crippen LogP contribution >= 0.6 is 12.2 Å². The largest absolute Gasteiger partial charge is 0.349 e. The Balaban J connectivity index is 1.65. The van der Waals surface area contributed by atoms with Gasteiger partial charge in [-0.25, -0.2) is 8.42 Å². The third-order valence-electron chi connectivity index (χ3n) is 4.71. The molecule has 3 rings (SSSR count). The van der Waals surface area contributed by atoms with Gasteiger partial charge in [-0.3, -0.25) is 9.89 Å². The highest BCUT2D eigenvalue weighted by Crippen LogP contribution is 2.23. The van der Waals surface area contributed by atoms with E-state index in [4.69, 9.17) is 12.2 Å². The first-order chi connectivity index (χ1) is 12.9. The van der Waals surface area contributed by atoms with Crippen molar-refractivity contribution >= 4 is 28.1 Å². The van der Waals surface area contributed by atoms with E-state index < -0.39 is 10.0 Å². The van der Waals surface area contributed by atoms with Crippen LogP contribution in [-0.4, -0.2) is 46.5 Å². The minimum Gasteiger partial charge on any atom is -0.349 e. The minimum absolute atomic E-state index is 0.167. The van der Waals surface area contributed by atoms with Gasteiger partial charge in [-0.1, -0.05) is 18.2 Å². The van der Waals surface area contributed by atoms with Gasteiger partial charge in [0.05, 0.1) is 17.4 Å². The molecule has 0 radical (unpaired) electrons. The molecule has 1 aromatic heterocycles. The second-order valence-electron chi connectivity index (χ2n) is 6.42. The maximum absolute atomic E-state index is 12.8. The highest BCUT2D eigenvalue weighted by atomic mass is 32.2. The third kappa shape index (κ3) is 4.28. The van der Waals surface area contributed by atoms with E-state index in [2.05, 4.69) is 15.5 Å². The Morgan fingerprint density at radius 3 is 2.81 bits per heavy atom. The minimum atomic E-state index is -3.58. The fourth-order valence-electron chi connectivity index (χ4n) is 3.24. The van der Waals surface area contributed by atoms with E-state index in [0.717, 1.165) is 0 Å². The zero-order chi connectivity index (χ0) is 19.4. The predicted molar refractivity (Wildman–Crippen MR) is 103 cm³/mol. The molecule has 1 aliphatic rings. The molecule has 1 saturated heterocycles. The molecule has 10 heteroatoms. The number of carbonyl (C=O) groups excluding carboxylic acids is 1. The number of piperidine rings is 1. The molecule has 0 aliphatic carbocycles. The van der Waals surface area contributed by atoms with Crippen LogP contribution in [0.3, 0.4) is 0 Å². The maximum atomic E-state index is 12.8. The molecule has 1 fully saturated rings. The Labute approximate surface area is 163 Å². The zero-order valence-corrected chi connectivity index (χ0v) is 16.7. The summed E-state index contributed by atoms with van der Waals surface area (Å²) in [5.74, 6) is 0.106. The molecule has 1 aliphatic heterocycles. The van der Waals surface area contributed by atoms with E-state index in [-0.39, 0.29) is 29.8 Å². The van der Waals surface area contributed by atoms with Crippen LogP contribution in [0.2, 0.25) is 0 Å². The van der Waals surface area contributed by atoms with Crippen molar-refractivity contribution in [1.82, 2.24) is 24.4 Å². The van der Waals surface area contributed by atoms with Gasteiger partial charge in [-0.15, -0.1) is 0 Å². The first-order valence-electron chi connectivity index (χ1n) is 8.90. The number of nitrogens with zero attached hydrogens (tertiary/aromatic N) is 3. The van der Waals surface area contributed by atoms with Crippen LogP contribution in [0.25, 0.3) is 0 Å². The van der Waals surface area contributed by atoms with Crippen molar-refractivity contribution in [1.29, 1.82) is 0 Å². The average molecular weight is 410 g/mol. The van der Waals surface area contributed by atoms with Crippen molar-refractivity contribution in [2.75, 3.05) is 13.1 Å². The number of carbonyl (C=O) groups is 1. The number of sulfonamides is 1. The lowest BCUT2D eigenvalue weighted by Crippen LogP contribution is -2.45. The standard InChI is InChI=1S/C17H23N5O3S2/c1-2-22-15(19-20-17(22)26)11-18-16(23)13-7-6-10-21(12-13)27(24,25)14-8-4-3-5-9-14/h3-5,8-9,13H,2,6-7,10-12H2,1H3,(H,18,23)(H,20,26). The topological polar surface area (TPSA) is 100 Å². The maximum Gasteiger partial charge on any atom is 0.243 e. The smallest absolute Gasteiger partial charge is 0.243 e. The fourth-order valence-corrected chi connectivity index (χ4v) is 5.06. The Morgan fingerprint density at radius 1 is 1.37 bits per heavy atom. The van der Waals surface area contributed by atoms with Gasteiger partial charge in [0, 0.05) is 19.6 Å². The van der Waals surface area contributed by atoms with Crippen LogP contribution in [0.4, 0.5) is 0 Å². The van der Waals surface area contributed by atoms with E-state index >= 15 is 0 Å². The average Bonchev–Trinajstić information content (AvgIpc) is 3.06. The molecular formula is C17H23N5O3S2. The summed E-state index contributed by atoms with van der Waals surface area (Å²) in [6.45, 7) is 3.47. The monoisotopic (exact) mass is 409 g/mol. The second kappa shape index (κ2) is 8.32. The molecule has 8 nitrogen and oxygen atoms in total. The number of hydrogen-bond acceptors (Lipinski definition) is 5. The number of rotatable bonds is 6. The summed E-state index contributed by atoms with van der Waals surface area (Å²) in [4.78, 5) is 12.8. The molecule has 1 amide bonds. The molecule has 2 N–H and O–H groups in total. The van der Waals surface area contributed by atoms with Gasteiger partial charge in [-0.05, 0) is 44.1 Å². The van der Waals surface area contributed by atoms with Gasteiger partial charge in [-0.2, -0.15) is 9.40 Å². The molecule has 0 spiro atoms. The fraction of sp³-hybridized carbons (Fsp3) is 0.471. The van der Waals surface area contributed by atoms with Crippen molar-refractivity contribution in [2.24, 2.45) is 5.92 Å². The van der Waals surface area contributed by atoms with Crippen LogP contribution in [0.1, 0.15) is 25.6 Å². The van der Waals surface area contributed by atoms with E-state index in [1.54, 1.807) is 30.3 Å². The summed E-state index contributed by atoms with van der Waals surface area (Å²) in [6, 6.07) is 8.32. The van der Waals surface area contributed by atoms with Gasteiger partial charge in [0.15, 0.2) is 10.6 Å². The van der Waals surface area contributed by atoms with Gasteiger partial charge in [0.1, 0.15) is 0 Å². The van der Waals surface area contributed by atoms with E-state index in [9.17, 15) is 13.2 Å². The van der Waals surface area contributed by atoms with Gasteiger partial charge >= 0.3 is 0 Å². The number of aromatic amines is 1. The molecule has 1 atom stereocenters. The molecule has 2 aromatic rings. The zero-order valence-electron chi connectivity index (χ0n) is 15.1. The van der Waals surface area contributed by atoms with Crippen molar-refractivity contribution in [2.45, 2.75) is 37.8 Å². The number of amides is 1. The first kappa shape index (κ1) is 19.7. The van der Waals surface area contributed by atoms with Crippen molar-refractivity contribution in [3.8, 4) is 0 Å². The third-order valence-corrected chi connectivity index (χ3v) is 6.90. The van der Waals surface area contributed by atoms with Gasteiger partial charge in [0.2, 0.25) is 15.9 Å². The number of H-pyrrole nitrogens is 1. The molecule has 1 unspecified atom stereocenters. The Kier molecular flexibility index (Phi) is 6.08. The molecule has 0 saturated carbocycles. The number of aromatic nitrogens is 3. The highest BCUT2D eigenvalue weighted by Gasteiger charge is 2.33. The molecule has 146 valence electrons. The molecule has 27 heavy (non-hydrogen) atoms. The first-order valence-corrected chi connectivity index (χ1v) is 10.7. The number of benzene rings is 1. The van der Waals surface area contributed by atoms with Crippen molar-refractivity contribution in [3.63, 3.8) is 0 Å². The van der Waals surface area contributed by atoms with Crippen LogP contribution in [-0.2, 0) is 27.9 Å². The van der Waals surface area contributed by atoms with E-state index in [1.807, 2.05) is 11.5 Å². The highest BCUT2D eigenvalue weighted by molar-refractivity contribution is 7.89. The van der Waals surface area contributed by atoms with Crippen LogP contribution < -0.4 is 5.32 Å². The van der Waals surface area contributed by atoms with Gasteiger partial charge < -0.3 is 9.88 Å². The summed E-state index contributed by atoms with van der Waals surface area (Å²) < 4.78 is 29.3. The van der Waals surface area contributed by atoms with Crippen LogP contribution in [0.15, 0.2) is 35.2 Å². The lowest BCUT2D eigenvalue weighted by Gasteiger charge is -2.31. The molecule has 2 heterocycles. The SMILES string of the molecule is CCn1c(CNC(=O)C2CCCN(S(=O)(=O)c3ccccc3)C2)n[nH]c1=S.